The number of hydrogen-bond acceptors (Lipinski definition) is 5. The highest BCUT2D eigenvalue weighted by molar-refractivity contribution is 7.10. The van der Waals surface area contributed by atoms with Gasteiger partial charge in [-0.25, -0.2) is 4.79 Å². The fourth-order valence-electron chi connectivity index (χ4n) is 2.65. The van der Waals surface area contributed by atoms with E-state index in [0.29, 0.717) is 12.8 Å². The first kappa shape index (κ1) is 17.2. The number of ether oxygens (including phenoxy) is 1. The Morgan fingerprint density at radius 1 is 1.24 bits per heavy atom. The van der Waals surface area contributed by atoms with Gasteiger partial charge in [0.15, 0.2) is 6.61 Å². The summed E-state index contributed by atoms with van der Waals surface area (Å²) in [6.07, 6.45) is 0.710. The predicted octanol–water partition coefficient (Wildman–Crippen LogP) is 1.78. The van der Waals surface area contributed by atoms with Gasteiger partial charge in [-0.15, -0.1) is 11.3 Å². The zero-order chi connectivity index (χ0) is 17.6. The van der Waals surface area contributed by atoms with Crippen LogP contribution in [0.25, 0.3) is 0 Å². The number of carbonyl (C=O) groups excluding carboxylic acids is 3. The third-order valence-electron chi connectivity index (χ3n) is 3.89. The first-order valence-corrected chi connectivity index (χ1v) is 8.85. The maximum absolute atomic E-state index is 12.2. The van der Waals surface area contributed by atoms with Gasteiger partial charge < -0.3 is 15.4 Å². The smallest absolute Gasteiger partial charge is 0.329 e. The van der Waals surface area contributed by atoms with Crippen molar-refractivity contribution in [2.75, 3.05) is 6.61 Å². The molecule has 0 aliphatic carbocycles. The van der Waals surface area contributed by atoms with Crippen LogP contribution in [0.2, 0.25) is 0 Å². The predicted molar refractivity (Wildman–Crippen MR) is 92.9 cm³/mol. The average molecular weight is 358 g/mol. The van der Waals surface area contributed by atoms with Crippen LogP contribution in [0.15, 0.2) is 47.8 Å². The molecule has 0 radical (unpaired) electrons. The molecule has 7 heteroatoms. The van der Waals surface area contributed by atoms with Gasteiger partial charge in [0.05, 0.1) is 6.04 Å². The number of hydrogen-bond donors (Lipinski definition) is 2. The minimum Gasteiger partial charge on any atom is -0.454 e. The van der Waals surface area contributed by atoms with Crippen LogP contribution in [-0.2, 0) is 19.1 Å². The van der Waals surface area contributed by atoms with E-state index in [9.17, 15) is 14.4 Å². The van der Waals surface area contributed by atoms with Crippen molar-refractivity contribution in [3.63, 3.8) is 0 Å². The summed E-state index contributed by atoms with van der Waals surface area (Å²) in [5.74, 6) is -1.14. The molecule has 2 amide bonds. The zero-order valence-corrected chi connectivity index (χ0v) is 14.3. The standard InChI is InChI=1S/C18H18N2O4S/c21-15-9-8-13(19-15)18(23)24-11-16(22)20-17(14-7-4-10-25-14)12-5-2-1-3-6-12/h1-7,10,13,17H,8-9,11H2,(H,19,21)(H,20,22)/t13-,17+/m1/s1. The van der Waals surface area contributed by atoms with Gasteiger partial charge in [0.1, 0.15) is 6.04 Å². The lowest BCUT2D eigenvalue weighted by Gasteiger charge is -2.18. The molecule has 1 aromatic carbocycles. The lowest BCUT2D eigenvalue weighted by molar-refractivity contribution is -0.150. The fourth-order valence-corrected chi connectivity index (χ4v) is 3.45. The van der Waals surface area contributed by atoms with Crippen molar-refractivity contribution >= 4 is 29.1 Å². The van der Waals surface area contributed by atoms with Crippen LogP contribution in [0.1, 0.15) is 29.3 Å². The average Bonchev–Trinajstić information content (AvgIpc) is 3.30. The number of rotatable bonds is 6. The molecule has 2 heterocycles. The number of nitrogens with one attached hydrogen (secondary N) is 2. The van der Waals surface area contributed by atoms with E-state index in [2.05, 4.69) is 10.6 Å². The van der Waals surface area contributed by atoms with Crippen molar-refractivity contribution in [1.29, 1.82) is 0 Å². The second-order valence-corrected chi connectivity index (χ2v) is 6.67. The maximum atomic E-state index is 12.2. The van der Waals surface area contributed by atoms with Crippen LogP contribution in [0, 0.1) is 0 Å². The van der Waals surface area contributed by atoms with Gasteiger partial charge >= 0.3 is 5.97 Å². The monoisotopic (exact) mass is 358 g/mol. The zero-order valence-electron chi connectivity index (χ0n) is 13.4. The van der Waals surface area contributed by atoms with Crippen LogP contribution in [-0.4, -0.2) is 30.4 Å². The molecule has 0 saturated carbocycles. The molecule has 0 unspecified atom stereocenters. The molecular weight excluding hydrogens is 340 g/mol. The molecule has 0 bridgehead atoms. The van der Waals surface area contributed by atoms with E-state index < -0.39 is 12.0 Å². The highest BCUT2D eigenvalue weighted by Crippen LogP contribution is 2.25. The summed E-state index contributed by atoms with van der Waals surface area (Å²) in [6.45, 7) is -0.375. The van der Waals surface area contributed by atoms with Crippen LogP contribution in [0.4, 0.5) is 0 Å². The van der Waals surface area contributed by atoms with Crippen LogP contribution < -0.4 is 10.6 Å². The quantitative estimate of drug-likeness (QED) is 0.771. The van der Waals surface area contributed by atoms with Crippen LogP contribution >= 0.6 is 11.3 Å². The molecule has 2 atom stereocenters. The van der Waals surface area contributed by atoms with Gasteiger partial charge in [-0.05, 0) is 23.4 Å². The Morgan fingerprint density at radius 3 is 2.68 bits per heavy atom. The molecule has 1 aliphatic rings. The van der Waals surface area contributed by atoms with E-state index in [0.717, 1.165) is 10.4 Å². The van der Waals surface area contributed by atoms with Gasteiger partial charge in [-0.2, -0.15) is 0 Å². The topological polar surface area (TPSA) is 84.5 Å². The van der Waals surface area contributed by atoms with Crippen molar-refractivity contribution in [2.24, 2.45) is 0 Å². The molecule has 2 N–H and O–H groups in total. The molecule has 1 saturated heterocycles. The van der Waals surface area contributed by atoms with Gasteiger partial charge in [0.25, 0.3) is 5.91 Å². The van der Waals surface area contributed by atoms with Crippen molar-refractivity contribution in [3.8, 4) is 0 Å². The van der Waals surface area contributed by atoms with E-state index in [1.807, 2.05) is 47.8 Å². The van der Waals surface area contributed by atoms with E-state index in [-0.39, 0.29) is 24.5 Å². The summed E-state index contributed by atoms with van der Waals surface area (Å²) >= 11 is 1.54. The van der Waals surface area contributed by atoms with Crippen molar-refractivity contribution in [1.82, 2.24) is 10.6 Å². The molecule has 130 valence electrons. The molecule has 25 heavy (non-hydrogen) atoms. The summed E-state index contributed by atoms with van der Waals surface area (Å²) in [4.78, 5) is 36.2. The lowest BCUT2D eigenvalue weighted by Crippen LogP contribution is -2.38. The Kier molecular flexibility index (Phi) is 5.45. The largest absolute Gasteiger partial charge is 0.454 e. The molecule has 1 aromatic heterocycles. The SMILES string of the molecule is O=C(COC(=O)[C@H]1CCC(=O)N1)N[C@@H](c1ccccc1)c1cccs1. The number of amides is 2. The Morgan fingerprint density at radius 2 is 2.04 bits per heavy atom. The Hall–Kier alpha value is -2.67. The minimum absolute atomic E-state index is 0.173. The number of benzene rings is 1. The molecule has 2 aromatic rings. The second-order valence-electron chi connectivity index (χ2n) is 5.69. The van der Waals surface area contributed by atoms with E-state index in [1.54, 1.807) is 11.3 Å². The van der Waals surface area contributed by atoms with Gasteiger partial charge in [-0.3, -0.25) is 9.59 Å². The number of esters is 1. The van der Waals surface area contributed by atoms with Crippen molar-refractivity contribution < 1.29 is 19.1 Å². The number of thiophene rings is 1. The minimum atomic E-state index is -0.650. The maximum Gasteiger partial charge on any atom is 0.329 e. The molecule has 1 fully saturated rings. The summed E-state index contributed by atoms with van der Waals surface area (Å²) < 4.78 is 5.03. The summed E-state index contributed by atoms with van der Waals surface area (Å²) in [5, 5.41) is 7.36. The van der Waals surface area contributed by atoms with Crippen molar-refractivity contribution in [3.05, 3.63) is 58.3 Å². The molecule has 0 spiro atoms. The summed E-state index contributed by atoms with van der Waals surface area (Å²) in [6, 6.07) is 12.5. The van der Waals surface area contributed by atoms with Gasteiger partial charge in [0.2, 0.25) is 5.91 Å². The molecule has 3 rings (SSSR count). The highest BCUT2D eigenvalue weighted by atomic mass is 32.1. The lowest BCUT2D eigenvalue weighted by atomic mass is 10.1. The molecular formula is C18H18N2O4S. The summed E-state index contributed by atoms with van der Waals surface area (Å²) in [7, 11) is 0. The van der Waals surface area contributed by atoms with E-state index >= 15 is 0 Å². The van der Waals surface area contributed by atoms with Crippen LogP contribution in [0.5, 0.6) is 0 Å². The molecule has 1 aliphatic heterocycles. The Labute approximate surface area is 149 Å². The first-order chi connectivity index (χ1) is 12.1. The third-order valence-corrected chi connectivity index (χ3v) is 4.83. The molecule has 6 nitrogen and oxygen atoms in total. The van der Waals surface area contributed by atoms with Gasteiger partial charge in [-0.1, -0.05) is 36.4 Å². The second kappa shape index (κ2) is 7.94. The van der Waals surface area contributed by atoms with Crippen LogP contribution in [0.3, 0.4) is 0 Å². The Bertz CT molecular complexity index is 746. The fraction of sp³-hybridized carbons (Fsp3) is 0.278. The highest BCUT2D eigenvalue weighted by Gasteiger charge is 2.29. The third kappa shape index (κ3) is 4.45. The number of carbonyl (C=O) groups is 3. The summed E-state index contributed by atoms with van der Waals surface area (Å²) in [5.41, 5.74) is 0.952. The Balaban J connectivity index is 1.59. The van der Waals surface area contributed by atoms with Crippen molar-refractivity contribution in [2.45, 2.75) is 24.9 Å². The van der Waals surface area contributed by atoms with E-state index in [1.165, 1.54) is 0 Å². The van der Waals surface area contributed by atoms with E-state index in [4.69, 9.17) is 4.74 Å². The first-order valence-electron chi connectivity index (χ1n) is 7.97. The normalized spacial score (nSPS) is 17.6. The van der Waals surface area contributed by atoms with Gasteiger partial charge in [0, 0.05) is 11.3 Å².